The van der Waals surface area contributed by atoms with E-state index >= 15 is 0 Å². The van der Waals surface area contributed by atoms with Crippen LogP contribution >= 0.6 is 0 Å². The predicted octanol–water partition coefficient (Wildman–Crippen LogP) is 3.38. The normalized spacial score (nSPS) is 12.9. The smallest absolute Gasteiger partial charge is 0.160 e. The molecule has 0 saturated heterocycles. The molecule has 1 aromatic carbocycles. The zero-order chi connectivity index (χ0) is 13.2. The van der Waals surface area contributed by atoms with Crippen molar-refractivity contribution in [3.8, 4) is 0 Å². The maximum atomic E-state index is 5.79. The summed E-state index contributed by atoms with van der Waals surface area (Å²) in [5.74, 6) is 0. The van der Waals surface area contributed by atoms with E-state index in [4.69, 9.17) is 14.2 Å². The van der Waals surface area contributed by atoms with Crippen LogP contribution in [0, 0.1) is 0 Å². The molecule has 0 fully saturated rings. The van der Waals surface area contributed by atoms with Gasteiger partial charge in [0.15, 0.2) is 6.29 Å². The number of hydrogen-bond donors (Lipinski definition) is 0. The third-order valence-electron chi connectivity index (χ3n) is 2.61. The van der Waals surface area contributed by atoms with E-state index in [1.165, 1.54) is 5.56 Å². The molecule has 1 rings (SSSR count). The van der Waals surface area contributed by atoms with Gasteiger partial charge >= 0.3 is 0 Å². The molecule has 0 radical (unpaired) electrons. The fourth-order valence-corrected chi connectivity index (χ4v) is 1.71. The molecule has 3 heteroatoms. The molecule has 0 aliphatic heterocycles. The van der Waals surface area contributed by atoms with Crippen LogP contribution in [-0.4, -0.2) is 25.6 Å². The molecule has 18 heavy (non-hydrogen) atoms. The Morgan fingerprint density at radius 3 is 2.11 bits per heavy atom. The minimum atomic E-state index is -0.161. The first kappa shape index (κ1) is 15.2. The van der Waals surface area contributed by atoms with E-state index in [1.807, 2.05) is 39.0 Å². The number of ether oxygens (including phenoxy) is 3. The average molecular weight is 252 g/mol. The van der Waals surface area contributed by atoms with Crippen molar-refractivity contribution >= 4 is 0 Å². The Bertz CT molecular complexity index is 294. The van der Waals surface area contributed by atoms with Gasteiger partial charge in [-0.2, -0.15) is 0 Å². The fraction of sp³-hybridized carbons (Fsp3) is 0.600. The number of rotatable bonds is 9. The Morgan fingerprint density at radius 2 is 1.56 bits per heavy atom. The lowest BCUT2D eigenvalue weighted by Gasteiger charge is -2.21. The minimum Gasteiger partial charge on any atom is -0.374 e. The van der Waals surface area contributed by atoms with Gasteiger partial charge in [-0.25, -0.2) is 0 Å². The zero-order valence-electron chi connectivity index (χ0n) is 11.6. The lowest BCUT2D eigenvalue weighted by molar-refractivity contribution is -0.156. The second kappa shape index (κ2) is 9.09. The highest BCUT2D eigenvalue weighted by Gasteiger charge is 2.13. The molecule has 1 atom stereocenters. The summed E-state index contributed by atoms with van der Waals surface area (Å²) in [5.41, 5.74) is 1.19. The zero-order valence-corrected chi connectivity index (χ0v) is 11.6. The Morgan fingerprint density at radius 1 is 0.944 bits per heavy atom. The molecule has 3 nitrogen and oxygen atoms in total. The lowest BCUT2D eigenvalue weighted by Crippen LogP contribution is -2.24. The quantitative estimate of drug-likeness (QED) is 0.631. The van der Waals surface area contributed by atoms with Crippen LogP contribution in [0.3, 0.4) is 0 Å². The highest BCUT2D eigenvalue weighted by molar-refractivity contribution is 5.13. The van der Waals surface area contributed by atoms with Gasteiger partial charge < -0.3 is 14.2 Å². The van der Waals surface area contributed by atoms with Crippen LogP contribution in [0.2, 0.25) is 0 Å². The predicted molar refractivity (Wildman–Crippen MR) is 72.4 cm³/mol. The summed E-state index contributed by atoms with van der Waals surface area (Å²) >= 11 is 0. The second-order valence-electron chi connectivity index (χ2n) is 4.18. The van der Waals surface area contributed by atoms with Gasteiger partial charge in [0, 0.05) is 19.6 Å². The first-order valence-corrected chi connectivity index (χ1v) is 6.65. The highest BCUT2D eigenvalue weighted by atomic mass is 16.7. The maximum absolute atomic E-state index is 5.79. The van der Waals surface area contributed by atoms with Gasteiger partial charge in [-0.15, -0.1) is 0 Å². The van der Waals surface area contributed by atoms with E-state index in [2.05, 4.69) is 12.1 Å². The molecule has 0 aliphatic carbocycles. The third kappa shape index (κ3) is 6.15. The number of benzene rings is 1. The summed E-state index contributed by atoms with van der Waals surface area (Å²) in [7, 11) is 0. The van der Waals surface area contributed by atoms with Crippen LogP contribution in [0.25, 0.3) is 0 Å². The van der Waals surface area contributed by atoms with Gasteiger partial charge in [0.1, 0.15) is 0 Å². The summed E-state index contributed by atoms with van der Waals surface area (Å²) in [5, 5.41) is 0. The van der Waals surface area contributed by atoms with Gasteiger partial charge in [0.05, 0.1) is 12.7 Å². The second-order valence-corrected chi connectivity index (χ2v) is 4.18. The van der Waals surface area contributed by atoms with E-state index in [0.717, 1.165) is 6.42 Å². The topological polar surface area (TPSA) is 27.7 Å². The van der Waals surface area contributed by atoms with Crippen LogP contribution in [0.5, 0.6) is 0 Å². The largest absolute Gasteiger partial charge is 0.374 e. The summed E-state index contributed by atoms with van der Waals surface area (Å²) in [6, 6.07) is 10.2. The van der Waals surface area contributed by atoms with Crippen molar-refractivity contribution in [2.45, 2.75) is 46.2 Å². The van der Waals surface area contributed by atoms with Crippen LogP contribution < -0.4 is 0 Å². The van der Waals surface area contributed by atoms with E-state index in [-0.39, 0.29) is 12.4 Å². The minimum absolute atomic E-state index is 0.119. The summed E-state index contributed by atoms with van der Waals surface area (Å²) in [6.07, 6.45) is 0.716. The standard InChI is InChI=1S/C15H24O3/c1-4-16-15(17-5-2)11-13(3)18-12-14-9-7-6-8-10-14/h6-10,13,15H,4-5,11-12H2,1-3H3. The molecule has 1 aromatic rings. The molecule has 1 unspecified atom stereocenters. The molecule has 0 N–H and O–H groups in total. The van der Waals surface area contributed by atoms with E-state index in [9.17, 15) is 0 Å². The van der Waals surface area contributed by atoms with Crippen molar-refractivity contribution in [3.63, 3.8) is 0 Å². The summed E-state index contributed by atoms with van der Waals surface area (Å²) < 4.78 is 16.8. The molecular formula is C15H24O3. The van der Waals surface area contributed by atoms with Crippen molar-refractivity contribution < 1.29 is 14.2 Å². The van der Waals surface area contributed by atoms with Gasteiger partial charge in [-0.3, -0.25) is 0 Å². The maximum Gasteiger partial charge on any atom is 0.160 e. The van der Waals surface area contributed by atoms with Crippen molar-refractivity contribution in [1.29, 1.82) is 0 Å². The molecule has 0 bridgehead atoms. The molecule has 0 aromatic heterocycles. The van der Waals surface area contributed by atoms with Crippen LogP contribution in [0.15, 0.2) is 30.3 Å². The first-order valence-electron chi connectivity index (χ1n) is 6.65. The van der Waals surface area contributed by atoms with Gasteiger partial charge in [-0.05, 0) is 26.3 Å². The first-order chi connectivity index (χ1) is 8.76. The SMILES string of the molecule is CCOC(CC(C)OCc1ccccc1)OCC. The number of hydrogen-bond acceptors (Lipinski definition) is 3. The summed E-state index contributed by atoms with van der Waals surface area (Å²) in [6.45, 7) is 7.95. The highest BCUT2D eigenvalue weighted by Crippen LogP contribution is 2.10. The van der Waals surface area contributed by atoms with Crippen molar-refractivity contribution in [3.05, 3.63) is 35.9 Å². The van der Waals surface area contributed by atoms with E-state index in [0.29, 0.717) is 19.8 Å². The summed E-state index contributed by atoms with van der Waals surface area (Å²) in [4.78, 5) is 0. The van der Waals surface area contributed by atoms with Gasteiger partial charge in [0.25, 0.3) is 0 Å². The fourth-order valence-electron chi connectivity index (χ4n) is 1.71. The van der Waals surface area contributed by atoms with Crippen LogP contribution in [0.4, 0.5) is 0 Å². The molecule has 0 heterocycles. The van der Waals surface area contributed by atoms with Crippen LogP contribution in [-0.2, 0) is 20.8 Å². The van der Waals surface area contributed by atoms with E-state index in [1.54, 1.807) is 0 Å². The average Bonchev–Trinajstić information content (AvgIpc) is 2.38. The molecule has 0 aliphatic rings. The third-order valence-corrected chi connectivity index (χ3v) is 2.61. The Balaban J connectivity index is 2.29. The van der Waals surface area contributed by atoms with Crippen molar-refractivity contribution in [2.24, 2.45) is 0 Å². The Hall–Kier alpha value is -0.900. The van der Waals surface area contributed by atoms with E-state index < -0.39 is 0 Å². The molecule has 0 spiro atoms. The molecule has 0 saturated carbocycles. The van der Waals surface area contributed by atoms with Crippen molar-refractivity contribution in [1.82, 2.24) is 0 Å². The Kier molecular flexibility index (Phi) is 7.65. The van der Waals surface area contributed by atoms with Crippen molar-refractivity contribution in [2.75, 3.05) is 13.2 Å². The van der Waals surface area contributed by atoms with Crippen LogP contribution in [0.1, 0.15) is 32.8 Å². The molecular weight excluding hydrogens is 228 g/mol. The monoisotopic (exact) mass is 252 g/mol. The molecule has 102 valence electrons. The Labute approximate surface area is 110 Å². The lowest BCUT2D eigenvalue weighted by atomic mass is 10.2. The van der Waals surface area contributed by atoms with Gasteiger partial charge in [0.2, 0.25) is 0 Å². The molecule has 0 amide bonds. The van der Waals surface area contributed by atoms with Gasteiger partial charge in [-0.1, -0.05) is 30.3 Å².